The van der Waals surface area contributed by atoms with E-state index >= 15 is 0 Å². The molecule has 1 nitrogen and oxygen atoms in total. The molecule has 1 heteroatoms. The van der Waals surface area contributed by atoms with Gasteiger partial charge in [-0.2, -0.15) is 0 Å². The minimum Gasteiger partial charge on any atom is -0.295 e. The molecule has 0 N–H and O–H groups in total. The number of hydrogen-bond donors (Lipinski definition) is 0. The van der Waals surface area contributed by atoms with Crippen LogP contribution in [0.5, 0.6) is 0 Å². The monoisotopic (exact) mass is 169 g/mol. The van der Waals surface area contributed by atoms with Crippen LogP contribution in [-0.4, -0.2) is 23.5 Å². The highest BCUT2D eigenvalue weighted by atomic mass is 15.3. The van der Waals surface area contributed by atoms with Gasteiger partial charge in [0.2, 0.25) is 0 Å². The summed E-state index contributed by atoms with van der Waals surface area (Å²) >= 11 is 0. The van der Waals surface area contributed by atoms with Gasteiger partial charge in [-0.1, -0.05) is 33.1 Å². The van der Waals surface area contributed by atoms with Gasteiger partial charge in [0.05, 0.1) is 0 Å². The van der Waals surface area contributed by atoms with Crippen molar-refractivity contribution in [3.63, 3.8) is 0 Å². The van der Waals surface area contributed by atoms with Crippen molar-refractivity contribution >= 4 is 0 Å². The second-order valence-corrected chi connectivity index (χ2v) is 4.04. The molecule has 1 aliphatic heterocycles. The Bertz CT molecular complexity index is 122. The molecule has 1 saturated heterocycles. The van der Waals surface area contributed by atoms with Crippen molar-refractivity contribution in [2.75, 3.05) is 6.54 Å². The molecule has 1 aliphatic rings. The van der Waals surface area contributed by atoms with Gasteiger partial charge >= 0.3 is 0 Å². The fourth-order valence-corrected chi connectivity index (χ4v) is 2.12. The van der Waals surface area contributed by atoms with E-state index in [9.17, 15) is 0 Å². The van der Waals surface area contributed by atoms with Crippen LogP contribution in [0.2, 0.25) is 0 Å². The van der Waals surface area contributed by atoms with Crippen molar-refractivity contribution in [2.24, 2.45) is 0 Å². The Morgan fingerprint density at radius 2 is 1.83 bits per heavy atom. The lowest BCUT2D eigenvalue weighted by atomic mass is 10.1. The van der Waals surface area contributed by atoms with Crippen LogP contribution in [0.3, 0.4) is 0 Å². The maximum Gasteiger partial charge on any atom is 0.0252 e. The molecule has 0 saturated carbocycles. The lowest BCUT2D eigenvalue weighted by molar-refractivity contribution is 0.463. The molecule has 0 aliphatic carbocycles. The molecule has 0 spiro atoms. The molecule has 72 valence electrons. The van der Waals surface area contributed by atoms with Gasteiger partial charge in [0.15, 0.2) is 0 Å². The summed E-state index contributed by atoms with van der Waals surface area (Å²) in [5, 5.41) is 0. The molecule has 0 aromatic carbocycles. The maximum atomic E-state index is 2.63. The summed E-state index contributed by atoms with van der Waals surface area (Å²) in [4.78, 5) is 2.63. The third-order valence-corrected chi connectivity index (χ3v) is 3.00. The summed E-state index contributed by atoms with van der Waals surface area (Å²) < 4.78 is 0. The Morgan fingerprint density at radius 1 is 1.08 bits per heavy atom. The van der Waals surface area contributed by atoms with E-state index in [-0.39, 0.29) is 0 Å². The molecule has 1 heterocycles. The second kappa shape index (κ2) is 4.86. The van der Waals surface area contributed by atoms with Crippen molar-refractivity contribution in [3.8, 4) is 0 Å². The van der Waals surface area contributed by atoms with E-state index in [2.05, 4.69) is 25.7 Å². The topological polar surface area (TPSA) is 3.01 Å². The zero-order valence-electron chi connectivity index (χ0n) is 8.84. The van der Waals surface area contributed by atoms with Crippen LogP contribution < -0.4 is 0 Å². The zero-order chi connectivity index (χ0) is 8.97. The predicted octanol–water partition coefficient (Wildman–Crippen LogP) is 3.05. The standard InChI is InChI=1S/C11H23N/c1-4-6-7-8-11-10(3)12(11)9-5-2/h10-11H,4-9H2,1-3H3. The van der Waals surface area contributed by atoms with E-state index < -0.39 is 0 Å². The second-order valence-electron chi connectivity index (χ2n) is 4.04. The first kappa shape index (κ1) is 10.0. The van der Waals surface area contributed by atoms with Gasteiger partial charge in [-0.05, 0) is 26.3 Å². The smallest absolute Gasteiger partial charge is 0.0252 e. The maximum absolute atomic E-state index is 2.63. The number of nitrogens with zero attached hydrogens (tertiary/aromatic N) is 1. The highest BCUT2D eigenvalue weighted by Crippen LogP contribution is 2.31. The van der Waals surface area contributed by atoms with Crippen LogP contribution >= 0.6 is 0 Å². The van der Waals surface area contributed by atoms with Crippen LogP contribution in [0.25, 0.3) is 0 Å². The molecule has 0 radical (unpaired) electrons. The minimum atomic E-state index is 0.891. The highest BCUT2D eigenvalue weighted by Gasteiger charge is 2.41. The van der Waals surface area contributed by atoms with Gasteiger partial charge in [-0.3, -0.25) is 4.90 Å². The van der Waals surface area contributed by atoms with Gasteiger partial charge < -0.3 is 0 Å². The Hall–Kier alpha value is -0.0400. The Kier molecular flexibility index (Phi) is 4.07. The molecule has 12 heavy (non-hydrogen) atoms. The fraction of sp³-hybridized carbons (Fsp3) is 1.00. The summed E-state index contributed by atoms with van der Waals surface area (Å²) in [6.07, 6.45) is 6.97. The van der Waals surface area contributed by atoms with E-state index in [1.807, 2.05) is 0 Å². The average Bonchev–Trinajstić information content (AvgIpc) is 2.65. The fourth-order valence-electron chi connectivity index (χ4n) is 2.12. The van der Waals surface area contributed by atoms with Gasteiger partial charge in [0, 0.05) is 12.1 Å². The van der Waals surface area contributed by atoms with E-state index in [1.165, 1.54) is 38.6 Å². The summed E-state index contributed by atoms with van der Waals surface area (Å²) in [6.45, 7) is 8.23. The van der Waals surface area contributed by atoms with Gasteiger partial charge in [0.25, 0.3) is 0 Å². The quantitative estimate of drug-likeness (QED) is 0.436. The Morgan fingerprint density at radius 3 is 2.42 bits per heavy atom. The molecule has 1 rings (SSSR count). The first-order valence-electron chi connectivity index (χ1n) is 5.57. The first-order chi connectivity index (χ1) is 5.81. The normalized spacial score (nSPS) is 33.8. The average molecular weight is 169 g/mol. The highest BCUT2D eigenvalue weighted by molar-refractivity contribution is 4.98. The molecule has 1 fully saturated rings. The van der Waals surface area contributed by atoms with Crippen molar-refractivity contribution in [2.45, 2.75) is 65.0 Å². The zero-order valence-corrected chi connectivity index (χ0v) is 8.84. The number of unbranched alkanes of at least 4 members (excludes halogenated alkanes) is 2. The van der Waals surface area contributed by atoms with Crippen LogP contribution in [-0.2, 0) is 0 Å². The molecule has 3 unspecified atom stereocenters. The molecular weight excluding hydrogens is 146 g/mol. The van der Waals surface area contributed by atoms with E-state index in [4.69, 9.17) is 0 Å². The molecule has 0 bridgehead atoms. The SMILES string of the molecule is CCCCCC1C(C)N1CCC. The van der Waals surface area contributed by atoms with Crippen molar-refractivity contribution in [3.05, 3.63) is 0 Å². The lowest BCUT2D eigenvalue weighted by Crippen LogP contribution is -2.03. The number of rotatable bonds is 6. The summed E-state index contributed by atoms with van der Waals surface area (Å²) in [6, 6.07) is 1.83. The first-order valence-corrected chi connectivity index (χ1v) is 5.57. The van der Waals surface area contributed by atoms with Gasteiger partial charge in [-0.25, -0.2) is 0 Å². The Balaban J connectivity index is 2.03. The molecule has 0 aromatic heterocycles. The van der Waals surface area contributed by atoms with E-state index in [0.29, 0.717) is 0 Å². The third-order valence-electron chi connectivity index (χ3n) is 3.00. The molecule has 0 aromatic rings. The molecule has 3 atom stereocenters. The van der Waals surface area contributed by atoms with Crippen LogP contribution in [0.1, 0.15) is 52.9 Å². The molecule has 0 amide bonds. The van der Waals surface area contributed by atoms with E-state index in [1.54, 1.807) is 0 Å². The van der Waals surface area contributed by atoms with E-state index in [0.717, 1.165) is 12.1 Å². The third kappa shape index (κ3) is 2.48. The Labute approximate surface area is 77.1 Å². The lowest BCUT2D eigenvalue weighted by Gasteiger charge is -1.99. The van der Waals surface area contributed by atoms with Crippen LogP contribution in [0.15, 0.2) is 0 Å². The summed E-state index contributed by atoms with van der Waals surface area (Å²) in [7, 11) is 0. The number of hydrogen-bond acceptors (Lipinski definition) is 1. The summed E-state index contributed by atoms with van der Waals surface area (Å²) in [5.74, 6) is 0. The molecular formula is C11H23N. The van der Waals surface area contributed by atoms with Crippen molar-refractivity contribution in [1.82, 2.24) is 4.90 Å². The van der Waals surface area contributed by atoms with Crippen molar-refractivity contribution in [1.29, 1.82) is 0 Å². The van der Waals surface area contributed by atoms with Gasteiger partial charge in [-0.15, -0.1) is 0 Å². The minimum absolute atomic E-state index is 0.891. The predicted molar refractivity (Wildman–Crippen MR) is 54.4 cm³/mol. The van der Waals surface area contributed by atoms with Crippen molar-refractivity contribution < 1.29 is 0 Å². The summed E-state index contributed by atoms with van der Waals surface area (Å²) in [5.41, 5.74) is 0. The van der Waals surface area contributed by atoms with Crippen LogP contribution in [0, 0.1) is 0 Å². The van der Waals surface area contributed by atoms with Gasteiger partial charge in [0.1, 0.15) is 0 Å². The van der Waals surface area contributed by atoms with Crippen LogP contribution in [0.4, 0.5) is 0 Å². The largest absolute Gasteiger partial charge is 0.295 e.